The van der Waals surface area contributed by atoms with E-state index in [0.29, 0.717) is 6.54 Å². The average Bonchev–Trinajstić information content (AvgIpc) is 2.77. The summed E-state index contributed by atoms with van der Waals surface area (Å²) in [7, 11) is -3.67. The monoisotopic (exact) mass is 461 g/mol. The molecule has 3 rings (SSSR count). The zero-order valence-electron chi connectivity index (χ0n) is 17.4. The molecule has 1 heterocycles. The molecule has 1 fully saturated rings. The fourth-order valence-corrected chi connectivity index (χ4v) is 5.26. The molecule has 11 heteroatoms. The van der Waals surface area contributed by atoms with Gasteiger partial charge in [0, 0.05) is 24.2 Å². The maximum Gasteiger partial charge on any atom is 0.338 e. The lowest BCUT2D eigenvalue weighted by Crippen LogP contribution is -2.41. The Morgan fingerprint density at radius 3 is 2.41 bits per heavy atom. The van der Waals surface area contributed by atoms with Gasteiger partial charge in [-0.1, -0.05) is 6.42 Å². The minimum Gasteiger partial charge on any atom is -0.457 e. The maximum atomic E-state index is 12.9. The van der Waals surface area contributed by atoms with E-state index < -0.39 is 39.1 Å². The van der Waals surface area contributed by atoms with E-state index in [4.69, 9.17) is 10.5 Å². The standard InChI is InChI=1S/C21H23N3O7S/c1-14-4-2-3-11-23(14)32(29,30)18-9-7-15(8-10-18)21(26)31-13-17-6-5-16(20(22)25)12-19(17)24(27)28/h5-10,12,14H,2-4,11,13H2,1H3,(H2,22,25). The van der Waals surface area contributed by atoms with Gasteiger partial charge in [0.15, 0.2) is 0 Å². The number of primary amides is 1. The number of nitro benzene ring substituents is 1. The van der Waals surface area contributed by atoms with Crippen LogP contribution < -0.4 is 5.73 Å². The number of hydrogen-bond acceptors (Lipinski definition) is 7. The van der Waals surface area contributed by atoms with Gasteiger partial charge in [0.05, 0.1) is 20.9 Å². The lowest BCUT2D eigenvalue weighted by Gasteiger charge is -2.32. The molecule has 2 aromatic rings. The van der Waals surface area contributed by atoms with Crippen LogP contribution >= 0.6 is 0 Å². The zero-order chi connectivity index (χ0) is 23.5. The highest BCUT2D eigenvalue weighted by Gasteiger charge is 2.31. The Balaban J connectivity index is 1.72. The third-order valence-corrected chi connectivity index (χ3v) is 7.39. The van der Waals surface area contributed by atoms with E-state index in [0.717, 1.165) is 25.3 Å². The van der Waals surface area contributed by atoms with Crippen molar-refractivity contribution in [2.45, 2.75) is 43.7 Å². The smallest absolute Gasteiger partial charge is 0.338 e. The minimum atomic E-state index is -3.67. The molecule has 2 aromatic carbocycles. The number of carbonyl (C=O) groups excluding carboxylic acids is 2. The number of piperidine rings is 1. The van der Waals surface area contributed by atoms with Crippen LogP contribution in [-0.2, 0) is 21.4 Å². The predicted molar refractivity (Wildman–Crippen MR) is 114 cm³/mol. The molecule has 0 bridgehead atoms. The summed E-state index contributed by atoms with van der Waals surface area (Å²) in [5.41, 5.74) is 4.90. The molecule has 2 N–H and O–H groups in total. The van der Waals surface area contributed by atoms with Crippen LogP contribution in [0.5, 0.6) is 0 Å². The molecule has 0 aliphatic carbocycles. The topological polar surface area (TPSA) is 150 Å². The third-order valence-electron chi connectivity index (χ3n) is 5.36. The van der Waals surface area contributed by atoms with Crippen LogP contribution in [0, 0.1) is 10.1 Å². The molecular formula is C21H23N3O7S. The predicted octanol–water partition coefficient (Wildman–Crippen LogP) is 2.61. The van der Waals surface area contributed by atoms with Crippen LogP contribution in [0.15, 0.2) is 47.4 Å². The Hall–Kier alpha value is -3.31. The molecule has 1 aliphatic rings. The number of carbonyl (C=O) groups is 2. The van der Waals surface area contributed by atoms with Gasteiger partial charge in [0.2, 0.25) is 15.9 Å². The first-order valence-corrected chi connectivity index (χ1v) is 11.4. The summed E-state index contributed by atoms with van der Waals surface area (Å²) >= 11 is 0. The van der Waals surface area contributed by atoms with Gasteiger partial charge in [-0.25, -0.2) is 13.2 Å². The van der Waals surface area contributed by atoms with Gasteiger partial charge in [-0.2, -0.15) is 4.31 Å². The number of benzene rings is 2. The van der Waals surface area contributed by atoms with Gasteiger partial charge in [-0.05, 0) is 56.2 Å². The first-order chi connectivity index (χ1) is 15.1. The van der Waals surface area contributed by atoms with Gasteiger partial charge < -0.3 is 10.5 Å². The molecule has 1 unspecified atom stereocenters. The van der Waals surface area contributed by atoms with Crippen molar-refractivity contribution in [2.75, 3.05) is 6.54 Å². The van der Waals surface area contributed by atoms with Gasteiger partial charge in [-0.3, -0.25) is 14.9 Å². The van der Waals surface area contributed by atoms with Crippen molar-refractivity contribution >= 4 is 27.6 Å². The second-order valence-corrected chi connectivity index (χ2v) is 9.42. The van der Waals surface area contributed by atoms with Crippen LogP contribution in [0.1, 0.15) is 52.5 Å². The molecule has 0 radical (unpaired) electrons. The van der Waals surface area contributed by atoms with Crippen LogP contribution in [0.2, 0.25) is 0 Å². The van der Waals surface area contributed by atoms with E-state index in [1.165, 1.54) is 40.7 Å². The fraction of sp³-hybridized carbons (Fsp3) is 0.333. The summed E-state index contributed by atoms with van der Waals surface area (Å²) < 4.78 is 32.4. The highest BCUT2D eigenvalue weighted by atomic mass is 32.2. The summed E-state index contributed by atoms with van der Waals surface area (Å²) in [5, 5.41) is 11.2. The van der Waals surface area contributed by atoms with Gasteiger partial charge >= 0.3 is 5.97 Å². The normalized spacial score (nSPS) is 17.0. The summed E-state index contributed by atoms with van der Waals surface area (Å²) in [6.45, 7) is 1.93. The lowest BCUT2D eigenvalue weighted by atomic mass is 10.1. The first-order valence-electron chi connectivity index (χ1n) is 9.97. The maximum absolute atomic E-state index is 12.9. The molecule has 32 heavy (non-hydrogen) atoms. The molecule has 1 amide bonds. The zero-order valence-corrected chi connectivity index (χ0v) is 18.2. The molecule has 10 nitrogen and oxygen atoms in total. The summed E-state index contributed by atoms with van der Waals surface area (Å²) in [6, 6.07) is 8.90. The number of ether oxygens (including phenoxy) is 1. The number of esters is 1. The van der Waals surface area contributed by atoms with Crippen LogP contribution in [0.4, 0.5) is 5.69 Å². The highest BCUT2D eigenvalue weighted by molar-refractivity contribution is 7.89. The van der Waals surface area contributed by atoms with Gasteiger partial charge in [0.1, 0.15) is 6.61 Å². The van der Waals surface area contributed by atoms with Crippen LogP contribution in [-0.4, -0.2) is 42.1 Å². The van der Waals surface area contributed by atoms with E-state index in [9.17, 15) is 28.1 Å². The van der Waals surface area contributed by atoms with Crippen molar-refractivity contribution in [3.05, 3.63) is 69.3 Å². The van der Waals surface area contributed by atoms with Crippen molar-refractivity contribution in [2.24, 2.45) is 5.73 Å². The molecule has 0 spiro atoms. The van der Waals surface area contributed by atoms with Gasteiger partial charge in [-0.15, -0.1) is 0 Å². The number of amides is 1. The van der Waals surface area contributed by atoms with E-state index >= 15 is 0 Å². The van der Waals surface area contributed by atoms with E-state index in [1.54, 1.807) is 0 Å². The third kappa shape index (κ3) is 4.94. The number of nitro groups is 1. The molecule has 0 aromatic heterocycles. The molecule has 0 saturated carbocycles. The first kappa shape index (κ1) is 23.4. The quantitative estimate of drug-likeness (QED) is 0.378. The molecule has 1 aliphatic heterocycles. The van der Waals surface area contributed by atoms with Crippen LogP contribution in [0.25, 0.3) is 0 Å². The van der Waals surface area contributed by atoms with Crippen molar-refractivity contribution in [3.63, 3.8) is 0 Å². The number of rotatable bonds is 7. The van der Waals surface area contributed by atoms with E-state index in [-0.39, 0.29) is 27.6 Å². The lowest BCUT2D eigenvalue weighted by molar-refractivity contribution is -0.385. The minimum absolute atomic E-state index is 0.0356. The summed E-state index contributed by atoms with van der Waals surface area (Å²) in [6.07, 6.45) is 2.60. The van der Waals surface area contributed by atoms with Crippen molar-refractivity contribution in [1.29, 1.82) is 0 Å². The van der Waals surface area contributed by atoms with E-state index in [1.807, 2.05) is 6.92 Å². The Kier molecular flexibility index (Phi) is 6.90. The average molecular weight is 461 g/mol. The second-order valence-electron chi connectivity index (χ2n) is 7.53. The van der Waals surface area contributed by atoms with E-state index in [2.05, 4.69) is 0 Å². The molecule has 170 valence electrons. The number of sulfonamides is 1. The van der Waals surface area contributed by atoms with Crippen molar-refractivity contribution in [3.8, 4) is 0 Å². The van der Waals surface area contributed by atoms with Crippen molar-refractivity contribution in [1.82, 2.24) is 4.31 Å². The Bertz CT molecular complexity index is 1150. The fourth-order valence-electron chi connectivity index (χ4n) is 3.56. The number of hydrogen-bond donors (Lipinski definition) is 1. The molecule has 1 saturated heterocycles. The Morgan fingerprint density at radius 2 is 1.81 bits per heavy atom. The van der Waals surface area contributed by atoms with Crippen LogP contribution in [0.3, 0.4) is 0 Å². The number of nitrogens with two attached hydrogens (primary N) is 1. The number of nitrogens with zero attached hydrogens (tertiary/aromatic N) is 2. The SMILES string of the molecule is CC1CCCCN1S(=O)(=O)c1ccc(C(=O)OCc2ccc(C(N)=O)cc2[N+](=O)[O-])cc1. The largest absolute Gasteiger partial charge is 0.457 e. The second kappa shape index (κ2) is 9.45. The van der Waals surface area contributed by atoms with Crippen molar-refractivity contribution < 1.29 is 27.7 Å². The summed E-state index contributed by atoms with van der Waals surface area (Å²) in [5.74, 6) is -1.58. The highest BCUT2D eigenvalue weighted by Crippen LogP contribution is 2.26. The Labute approximate surface area is 185 Å². The summed E-state index contributed by atoms with van der Waals surface area (Å²) in [4.78, 5) is 34.2. The van der Waals surface area contributed by atoms with Gasteiger partial charge in [0.25, 0.3) is 5.69 Å². The molecule has 1 atom stereocenters. The molecular weight excluding hydrogens is 438 g/mol. The Morgan fingerprint density at radius 1 is 1.16 bits per heavy atom.